The van der Waals surface area contributed by atoms with E-state index < -0.39 is 0 Å². The average molecular weight is 402 g/mol. The van der Waals surface area contributed by atoms with E-state index in [0.29, 0.717) is 6.54 Å². The number of amides is 2. The summed E-state index contributed by atoms with van der Waals surface area (Å²) in [6.07, 6.45) is 0. The van der Waals surface area contributed by atoms with Crippen molar-refractivity contribution in [1.82, 2.24) is 10.2 Å². The van der Waals surface area contributed by atoms with Gasteiger partial charge in [-0.3, -0.25) is 0 Å². The number of carbonyl (C=O) groups excluding carboxylic acids is 1. The lowest BCUT2D eigenvalue weighted by molar-refractivity contribution is 0.194. The summed E-state index contributed by atoms with van der Waals surface area (Å²) < 4.78 is 1.03. The molecule has 1 aliphatic heterocycles. The van der Waals surface area contributed by atoms with Gasteiger partial charge < -0.3 is 15.1 Å². The highest BCUT2D eigenvalue weighted by Crippen LogP contribution is 2.23. The molecule has 5 heteroatoms. The first-order valence-corrected chi connectivity index (χ1v) is 9.42. The second kappa shape index (κ2) is 7.91. The quantitative estimate of drug-likeness (QED) is 0.839. The Labute approximate surface area is 158 Å². The van der Waals surface area contributed by atoms with E-state index in [1.807, 2.05) is 29.2 Å². The van der Waals surface area contributed by atoms with Gasteiger partial charge >= 0.3 is 6.03 Å². The van der Waals surface area contributed by atoms with Gasteiger partial charge in [0.15, 0.2) is 0 Å². The summed E-state index contributed by atoms with van der Waals surface area (Å²) in [4.78, 5) is 16.7. The molecular weight excluding hydrogens is 378 g/mol. The van der Waals surface area contributed by atoms with Crippen molar-refractivity contribution in [3.05, 3.63) is 63.6 Å². The van der Waals surface area contributed by atoms with Gasteiger partial charge in [0.2, 0.25) is 0 Å². The minimum Gasteiger partial charge on any atom is -0.368 e. The van der Waals surface area contributed by atoms with Crippen LogP contribution in [0.25, 0.3) is 0 Å². The van der Waals surface area contributed by atoms with Gasteiger partial charge in [0.05, 0.1) is 0 Å². The van der Waals surface area contributed by atoms with Crippen LogP contribution in [0.4, 0.5) is 10.5 Å². The van der Waals surface area contributed by atoms with Crippen molar-refractivity contribution in [2.24, 2.45) is 0 Å². The molecule has 0 saturated carbocycles. The van der Waals surface area contributed by atoms with Crippen LogP contribution in [0.3, 0.4) is 0 Å². The lowest BCUT2D eigenvalue weighted by Crippen LogP contribution is -2.51. The molecule has 0 atom stereocenters. The van der Waals surface area contributed by atoms with Gasteiger partial charge in [0.25, 0.3) is 0 Å². The van der Waals surface area contributed by atoms with Gasteiger partial charge in [-0.25, -0.2) is 4.79 Å². The van der Waals surface area contributed by atoms with Crippen molar-refractivity contribution in [3.63, 3.8) is 0 Å². The van der Waals surface area contributed by atoms with Crippen LogP contribution >= 0.6 is 15.9 Å². The van der Waals surface area contributed by atoms with Crippen molar-refractivity contribution in [2.75, 3.05) is 31.1 Å². The van der Waals surface area contributed by atoms with Gasteiger partial charge in [-0.1, -0.05) is 40.2 Å². The predicted molar refractivity (Wildman–Crippen MR) is 106 cm³/mol. The molecule has 0 radical (unpaired) electrons. The summed E-state index contributed by atoms with van der Waals surface area (Å²) in [5.74, 6) is 0. The molecule has 25 heavy (non-hydrogen) atoms. The third-order valence-corrected chi connectivity index (χ3v) is 5.31. The topological polar surface area (TPSA) is 35.6 Å². The number of urea groups is 1. The molecule has 1 saturated heterocycles. The number of benzene rings is 2. The molecule has 0 spiro atoms. The molecule has 1 fully saturated rings. The van der Waals surface area contributed by atoms with E-state index in [2.05, 4.69) is 58.2 Å². The number of hydrogen-bond acceptors (Lipinski definition) is 2. The van der Waals surface area contributed by atoms with Crippen molar-refractivity contribution >= 4 is 27.6 Å². The fourth-order valence-electron chi connectivity index (χ4n) is 3.17. The maximum atomic E-state index is 12.4. The fraction of sp³-hybridized carbons (Fsp3) is 0.350. The van der Waals surface area contributed by atoms with Crippen LogP contribution in [0, 0.1) is 13.8 Å². The zero-order chi connectivity index (χ0) is 17.8. The average Bonchev–Trinajstić information content (AvgIpc) is 2.62. The number of rotatable bonds is 3. The Kier molecular flexibility index (Phi) is 5.63. The second-order valence-electron chi connectivity index (χ2n) is 6.48. The Bertz CT molecular complexity index is 754. The van der Waals surface area contributed by atoms with Crippen LogP contribution in [0.15, 0.2) is 46.9 Å². The van der Waals surface area contributed by atoms with E-state index in [4.69, 9.17) is 0 Å². The molecule has 132 valence electrons. The highest BCUT2D eigenvalue weighted by atomic mass is 79.9. The second-order valence-corrected chi connectivity index (χ2v) is 7.40. The largest absolute Gasteiger partial charge is 0.368 e. The first-order valence-electron chi connectivity index (χ1n) is 8.63. The zero-order valence-corrected chi connectivity index (χ0v) is 16.3. The molecule has 2 aromatic rings. The van der Waals surface area contributed by atoms with Gasteiger partial charge in [-0.05, 0) is 48.7 Å². The molecule has 3 rings (SSSR count). The molecule has 0 aliphatic carbocycles. The number of hydrogen-bond donors (Lipinski definition) is 1. The van der Waals surface area contributed by atoms with E-state index in [0.717, 1.165) is 36.2 Å². The lowest BCUT2D eigenvalue weighted by Gasteiger charge is -2.37. The Morgan fingerprint density at radius 3 is 2.52 bits per heavy atom. The SMILES string of the molecule is Cc1cccc(N2CCN(C(=O)NCc3cccc(Br)c3)CC2)c1C. The molecule has 2 aromatic carbocycles. The number of anilines is 1. The molecule has 1 aliphatic rings. The number of halogens is 1. The van der Waals surface area contributed by atoms with E-state index in [9.17, 15) is 4.79 Å². The van der Waals surface area contributed by atoms with Crippen LogP contribution < -0.4 is 10.2 Å². The van der Waals surface area contributed by atoms with Crippen LogP contribution in [0.5, 0.6) is 0 Å². The number of nitrogens with one attached hydrogen (secondary N) is 1. The van der Waals surface area contributed by atoms with Crippen LogP contribution in [-0.2, 0) is 6.54 Å². The first-order chi connectivity index (χ1) is 12.0. The lowest BCUT2D eigenvalue weighted by atomic mass is 10.1. The molecule has 0 aromatic heterocycles. The molecule has 0 bridgehead atoms. The third-order valence-electron chi connectivity index (χ3n) is 4.82. The van der Waals surface area contributed by atoms with Gasteiger partial charge in [0.1, 0.15) is 0 Å². The van der Waals surface area contributed by atoms with Crippen LogP contribution in [0.2, 0.25) is 0 Å². The zero-order valence-electron chi connectivity index (χ0n) is 14.8. The molecular formula is C20H24BrN3O. The summed E-state index contributed by atoms with van der Waals surface area (Å²) in [7, 11) is 0. The van der Waals surface area contributed by atoms with Gasteiger partial charge in [-0.15, -0.1) is 0 Å². The van der Waals surface area contributed by atoms with E-state index in [1.54, 1.807) is 0 Å². The summed E-state index contributed by atoms with van der Waals surface area (Å²) in [5, 5.41) is 3.02. The van der Waals surface area contributed by atoms with Crippen LogP contribution in [-0.4, -0.2) is 37.1 Å². The predicted octanol–water partition coefficient (Wildman–Crippen LogP) is 4.10. The number of aryl methyl sites for hydroxylation is 1. The number of carbonyl (C=O) groups is 1. The van der Waals surface area contributed by atoms with Gasteiger partial charge in [-0.2, -0.15) is 0 Å². The summed E-state index contributed by atoms with van der Waals surface area (Å²) in [6.45, 7) is 8.10. The maximum absolute atomic E-state index is 12.4. The Morgan fingerprint density at radius 2 is 1.80 bits per heavy atom. The molecule has 1 N–H and O–H groups in total. The highest BCUT2D eigenvalue weighted by molar-refractivity contribution is 9.10. The van der Waals surface area contributed by atoms with Crippen molar-refractivity contribution < 1.29 is 4.79 Å². The maximum Gasteiger partial charge on any atom is 0.317 e. The van der Waals surface area contributed by atoms with E-state index in [-0.39, 0.29) is 6.03 Å². The number of nitrogens with zero attached hydrogens (tertiary/aromatic N) is 2. The van der Waals surface area contributed by atoms with Crippen molar-refractivity contribution in [3.8, 4) is 0 Å². The first kappa shape index (κ1) is 17.8. The molecule has 0 unspecified atom stereocenters. The molecule has 4 nitrogen and oxygen atoms in total. The van der Waals surface area contributed by atoms with Crippen molar-refractivity contribution in [1.29, 1.82) is 0 Å². The normalized spacial score (nSPS) is 14.5. The molecule has 2 amide bonds. The molecule has 1 heterocycles. The number of piperazine rings is 1. The third kappa shape index (κ3) is 4.34. The summed E-state index contributed by atoms with van der Waals surface area (Å²) in [6, 6.07) is 14.4. The minimum absolute atomic E-state index is 0.0144. The van der Waals surface area contributed by atoms with Crippen molar-refractivity contribution in [2.45, 2.75) is 20.4 Å². The Hall–Kier alpha value is -2.01. The Balaban J connectivity index is 1.53. The van der Waals surface area contributed by atoms with E-state index in [1.165, 1.54) is 16.8 Å². The standard InChI is InChI=1S/C20H24BrN3O/c1-15-5-3-8-19(16(15)2)23-9-11-24(12-10-23)20(25)22-14-17-6-4-7-18(21)13-17/h3-8,13H,9-12,14H2,1-2H3,(H,22,25). The van der Waals surface area contributed by atoms with Crippen LogP contribution in [0.1, 0.15) is 16.7 Å². The highest BCUT2D eigenvalue weighted by Gasteiger charge is 2.22. The fourth-order valence-corrected chi connectivity index (χ4v) is 3.61. The monoisotopic (exact) mass is 401 g/mol. The van der Waals surface area contributed by atoms with E-state index >= 15 is 0 Å². The summed E-state index contributed by atoms with van der Waals surface area (Å²) in [5.41, 5.74) is 5.02. The Morgan fingerprint density at radius 1 is 1.08 bits per heavy atom. The summed E-state index contributed by atoms with van der Waals surface area (Å²) >= 11 is 3.46. The smallest absolute Gasteiger partial charge is 0.317 e. The van der Waals surface area contributed by atoms with Gasteiger partial charge in [0, 0.05) is 42.9 Å². The minimum atomic E-state index is 0.0144.